The molecule has 0 amide bonds. The quantitative estimate of drug-likeness (QED) is 0.743. The van der Waals surface area contributed by atoms with Gasteiger partial charge in [-0.15, -0.1) is 0 Å². The molecule has 0 radical (unpaired) electrons. The minimum atomic E-state index is -0.0231. The Morgan fingerprint density at radius 2 is 2.23 bits per heavy atom. The zero-order chi connectivity index (χ0) is 9.05. The van der Waals surface area contributed by atoms with Crippen LogP contribution in [0.3, 0.4) is 0 Å². The number of hydrogen-bond donors (Lipinski definition) is 1. The SMILES string of the molecule is Cc1sncc1C1(N)CC2CC2C1. The lowest BCUT2D eigenvalue weighted by Gasteiger charge is -2.25. The number of nitrogens with two attached hydrogens (primary N) is 1. The van der Waals surface area contributed by atoms with Gasteiger partial charge >= 0.3 is 0 Å². The largest absolute Gasteiger partial charge is 0.321 e. The monoisotopic (exact) mass is 194 g/mol. The molecule has 2 aliphatic rings. The number of hydrogen-bond acceptors (Lipinski definition) is 3. The Hall–Kier alpha value is -0.410. The highest BCUT2D eigenvalue weighted by Crippen LogP contribution is 2.58. The first-order valence-electron chi connectivity index (χ1n) is 4.90. The second-order valence-corrected chi connectivity index (χ2v) is 5.62. The van der Waals surface area contributed by atoms with Crippen LogP contribution >= 0.6 is 11.5 Å². The average molecular weight is 194 g/mol. The smallest absolute Gasteiger partial charge is 0.0460 e. The van der Waals surface area contributed by atoms with Crippen LogP contribution in [0.5, 0.6) is 0 Å². The van der Waals surface area contributed by atoms with E-state index in [2.05, 4.69) is 11.3 Å². The van der Waals surface area contributed by atoms with Crippen LogP contribution < -0.4 is 5.73 Å². The molecule has 2 atom stereocenters. The molecule has 2 aliphatic carbocycles. The van der Waals surface area contributed by atoms with E-state index in [-0.39, 0.29) is 5.54 Å². The zero-order valence-electron chi connectivity index (χ0n) is 7.79. The fourth-order valence-electron chi connectivity index (χ4n) is 2.83. The van der Waals surface area contributed by atoms with E-state index >= 15 is 0 Å². The third-order valence-corrected chi connectivity index (χ3v) is 4.31. The summed E-state index contributed by atoms with van der Waals surface area (Å²) < 4.78 is 4.21. The molecule has 0 spiro atoms. The molecule has 0 aliphatic heterocycles. The van der Waals surface area contributed by atoms with Gasteiger partial charge in [-0.25, -0.2) is 4.37 Å². The lowest BCUT2D eigenvalue weighted by atomic mass is 9.87. The molecular weight excluding hydrogens is 180 g/mol. The highest BCUT2D eigenvalue weighted by molar-refractivity contribution is 7.05. The zero-order valence-corrected chi connectivity index (χ0v) is 8.60. The fourth-order valence-corrected chi connectivity index (χ4v) is 3.50. The maximum atomic E-state index is 6.41. The van der Waals surface area contributed by atoms with Crippen LogP contribution in [0.2, 0.25) is 0 Å². The highest BCUT2D eigenvalue weighted by atomic mass is 32.1. The summed E-state index contributed by atoms with van der Waals surface area (Å²) in [7, 11) is 0. The van der Waals surface area contributed by atoms with Crippen molar-refractivity contribution in [2.75, 3.05) is 0 Å². The summed E-state index contributed by atoms with van der Waals surface area (Å²) in [6, 6.07) is 0. The van der Waals surface area contributed by atoms with Crippen molar-refractivity contribution in [2.45, 2.75) is 31.7 Å². The lowest BCUT2D eigenvalue weighted by Crippen LogP contribution is -2.35. The van der Waals surface area contributed by atoms with Crippen molar-refractivity contribution < 1.29 is 0 Å². The first kappa shape index (κ1) is 7.94. The van der Waals surface area contributed by atoms with Gasteiger partial charge in [0.05, 0.1) is 0 Å². The normalized spacial score (nSPS) is 42.0. The van der Waals surface area contributed by atoms with Gasteiger partial charge in [0.1, 0.15) is 0 Å². The molecule has 0 bridgehead atoms. The van der Waals surface area contributed by atoms with Crippen molar-refractivity contribution in [3.05, 3.63) is 16.6 Å². The fraction of sp³-hybridized carbons (Fsp3) is 0.700. The van der Waals surface area contributed by atoms with Crippen molar-refractivity contribution in [2.24, 2.45) is 17.6 Å². The number of aromatic nitrogens is 1. The van der Waals surface area contributed by atoms with Crippen molar-refractivity contribution in [1.29, 1.82) is 0 Å². The van der Waals surface area contributed by atoms with Crippen LogP contribution in [0, 0.1) is 18.8 Å². The van der Waals surface area contributed by atoms with Crippen LogP contribution in [0.15, 0.2) is 6.20 Å². The molecule has 2 unspecified atom stereocenters. The average Bonchev–Trinajstić information content (AvgIpc) is 2.54. The summed E-state index contributed by atoms with van der Waals surface area (Å²) in [5.41, 5.74) is 7.70. The predicted octanol–water partition coefficient (Wildman–Crippen LogP) is 2.04. The molecule has 1 aromatic rings. The molecule has 2 nitrogen and oxygen atoms in total. The summed E-state index contributed by atoms with van der Waals surface area (Å²) in [4.78, 5) is 1.31. The molecule has 3 heteroatoms. The first-order chi connectivity index (χ1) is 6.19. The number of fused-ring (bicyclic) bond motifs is 1. The van der Waals surface area contributed by atoms with E-state index < -0.39 is 0 Å². The van der Waals surface area contributed by atoms with Gasteiger partial charge in [0.15, 0.2) is 0 Å². The Balaban J connectivity index is 1.96. The molecule has 2 N–H and O–H groups in total. The van der Waals surface area contributed by atoms with Crippen LogP contribution in [0.25, 0.3) is 0 Å². The third kappa shape index (κ3) is 1.07. The van der Waals surface area contributed by atoms with E-state index in [9.17, 15) is 0 Å². The summed E-state index contributed by atoms with van der Waals surface area (Å²) in [6.45, 7) is 2.13. The topological polar surface area (TPSA) is 38.9 Å². The minimum Gasteiger partial charge on any atom is -0.321 e. The van der Waals surface area contributed by atoms with Gasteiger partial charge in [-0.1, -0.05) is 0 Å². The van der Waals surface area contributed by atoms with E-state index in [1.165, 1.54) is 29.7 Å². The van der Waals surface area contributed by atoms with Gasteiger partial charge in [0.2, 0.25) is 0 Å². The summed E-state index contributed by atoms with van der Waals surface area (Å²) in [5, 5.41) is 0. The second-order valence-electron chi connectivity index (χ2n) is 4.62. The molecule has 3 rings (SSSR count). The molecule has 2 saturated carbocycles. The maximum Gasteiger partial charge on any atom is 0.0460 e. The molecular formula is C10H14N2S. The van der Waals surface area contributed by atoms with Crippen LogP contribution in [-0.4, -0.2) is 4.37 Å². The van der Waals surface area contributed by atoms with Gasteiger partial charge in [0.25, 0.3) is 0 Å². The van der Waals surface area contributed by atoms with Crippen molar-refractivity contribution >= 4 is 11.5 Å². The van der Waals surface area contributed by atoms with Gasteiger partial charge in [-0.2, -0.15) is 0 Å². The van der Waals surface area contributed by atoms with Gasteiger partial charge in [0, 0.05) is 22.2 Å². The molecule has 2 fully saturated rings. The Labute approximate surface area is 82.3 Å². The molecule has 13 heavy (non-hydrogen) atoms. The summed E-state index contributed by atoms with van der Waals surface area (Å²) in [5.74, 6) is 1.87. The van der Waals surface area contributed by atoms with Gasteiger partial charge in [-0.3, -0.25) is 0 Å². The maximum absolute atomic E-state index is 6.41. The van der Waals surface area contributed by atoms with Gasteiger partial charge in [-0.05, 0) is 49.6 Å². The molecule has 1 heterocycles. The third-order valence-electron chi connectivity index (χ3n) is 3.61. The van der Waals surface area contributed by atoms with Crippen molar-refractivity contribution in [1.82, 2.24) is 4.37 Å². The minimum absolute atomic E-state index is 0.0231. The molecule has 0 aromatic carbocycles. The van der Waals surface area contributed by atoms with Gasteiger partial charge < -0.3 is 5.73 Å². The van der Waals surface area contributed by atoms with E-state index in [1.54, 1.807) is 11.5 Å². The standard InChI is InChI=1S/C10H14N2S/c1-6-9(5-12-13-6)10(11)3-7-2-8(7)4-10/h5,7-8H,2-4,11H2,1H3. The van der Waals surface area contributed by atoms with E-state index in [1.807, 2.05) is 6.20 Å². The molecule has 0 saturated heterocycles. The summed E-state index contributed by atoms with van der Waals surface area (Å²) >= 11 is 1.58. The van der Waals surface area contributed by atoms with E-state index in [0.29, 0.717) is 0 Å². The Kier molecular flexibility index (Phi) is 1.43. The Morgan fingerprint density at radius 1 is 1.54 bits per heavy atom. The van der Waals surface area contributed by atoms with Crippen molar-refractivity contribution in [3.63, 3.8) is 0 Å². The first-order valence-corrected chi connectivity index (χ1v) is 5.67. The van der Waals surface area contributed by atoms with Crippen LogP contribution in [-0.2, 0) is 5.54 Å². The highest BCUT2D eigenvalue weighted by Gasteiger charge is 2.53. The van der Waals surface area contributed by atoms with E-state index in [4.69, 9.17) is 5.73 Å². The number of rotatable bonds is 1. The number of nitrogens with zero attached hydrogens (tertiary/aromatic N) is 1. The second kappa shape index (κ2) is 2.34. The lowest BCUT2D eigenvalue weighted by molar-refractivity contribution is 0.410. The van der Waals surface area contributed by atoms with Crippen LogP contribution in [0.4, 0.5) is 0 Å². The van der Waals surface area contributed by atoms with Crippen LogP contribution in [0.1, 0.15) is 29.7 Å². The van der Waals surface area contributed by atoms with Crippen molar-refractivity contribution in [3.8, 4) is 0 Å². The molecule has 1 aromatic heterocycles. The Morgan fingerprint density at radius 3 is 2.77 bits per heavy atom. The van der Waals surface area contributed by atoms with E-state index in [0.717, 1.165) is 11.8 Å². The predicted molar refractivity (Wildman–Crippen MR) is 53.5 cm³/mol. The molecule has 70 valence electrons. The Bertz CT molecular complexity index is 334. The number of aryl methyl sites for hydroxylation is 1. The summed E-state index contributed by atoms with van der Waals surface area (Å²) in [6.07, 6.45) is 5.79.